The summed E-state index contributed by atoms with van der Waals surface area (Å²) in [6, 6.07) is 8.52. The van der Waals surface area contributed by atoms with Crippen LogP contribution in [0.1, 0.15) is 43.7 Å². The first-order valence-electron chi connectivity index (χ1n) is 10.3. The second-order valence-corrected chi connectivity index (χ2v) is 7.83. The lowest BCUT2D eigenvalue weighted by Gasteiger charge is -2.45. The summed E-state index contributed by atoms with van der Waals surface area (Å²) < 4.78 is 11.5. The average molecular weight is 500 g/mol. The minimum absolute atomic E-state index is 0. The maximum atomic E-state index is 5.79. The van der Waals surface area contributed by atoms with Gasteiger partial charge in [0.2, 0.25) is 0 Å². The van der Waals surface area contributed by atoms with Gasteiger partial charge < -0.3 is 20.1 Å². The van der Waals surface area contributed by atoms with Crippen LogP contribution in [0, 0.1) is 0 Å². The summed E-state index contributed by atoms with van der Waals surface area (Å²) in [6.45, 7) is 5.79. The molecule has 7 heteroatoms. The van der Waals surface area contributed by atoms with E-state index in [9.17, 15) is 0 Å². The smallest absolute Gasteiger partial charge is 0.191 e. The predicted molar refractivity (Wildman–Crippen MR) is 123 cm³/mol. The van der Waals surface area contributed by atoms with E-state index in [-0.39, 0.29) is 35.6 Å². The maximum Gasteiger partial charge on any atom is 0.191 e. The van der Waals surface area contributed by atoms with Crippen molar-refractivity contribution in [2.24, 2.45) is 4.99 Å². The van der Waals surface area contributed by atoms with Gasteiger partial charge in [0.1, 0.15) is 5.75 Å². The number of rotatable bonds is 4. The molecule has 156 valence electrons. The molecule has 4 rings (SSSR count). The third-order valence-corrected chi connectivity index (χ3v) is 6.28. The van der Waals surface area contributed by atoms with E-state index in [4.69, 9.17) is 9.47 Å². The summed E-state index contributed by atoms with van der Waals surface area (Å²) in [7, 11) is 1.85. The molecule has 3 aliphatic rings. The summed E-state index contributed by atoms with van der Waals surface area (Å²) in [4.78, 5) is 7.18. The molecule has 2 fully saturated rings. The van der Waals surface area contributed by atoms with Gasteiger partial charge in [-0.05, 0) is 44.8 Å². The number of benzene rings is 1. The van der Waals surface area contributed by atoms with E-state index in [1.807, 2.05) is 19.2 Å². The number of hydrogen-bond donors (Lipinski definition) is 2. The first-order chi connectivity index (χ1) is 13.3. The number of nitrogens with zero attached hydrogens (tertiary/aromatic N) is 2. The molecule has 0 amide bonds. The Balaban J connectivity index is 0.00000225. The van der Waals surface area contributed by atoms with E-state index in [2.05, 4.69) is 32.7 Å². The Hall–Kier alpha value is -1.06. The largest absolute Gasteiger partial charge is 0.493 e. The highest BCUT2D eigenvalue weighted by Crippen LogP contribution is 2.32. The highest BCUT2D eigenvalue weighted by atomic mass is 127. The Morgan fingerprint density at radius 2 is 1.93 bits per heavy atom. The standard InChI is InChI=1S/C21H32N4O2.HI/c1-22-20(24-18-8-13-27-19-7-3-2-6-17(18)19)23-16-21(9-14-26-15-10-21)25-11-4-5-12-25;/h2-3,6-7,18H,4-5,8-16H2,1H3,(H2,22,23,24);1H. The maximum absolute atomic E-state index is 5.79. The van der Waals surface area contributed by atoms with Gasteiger partial charge in [0.05, 0.1) is 12.6 Å². The number of guanidine groups is 1. The minimum atomic E-state index is 0. The van der Waals surface area contributed by atoms with Gasteiger partial charge in [-0.3, -0.25) is 9.89 Å². The summed E-state index contributed by atoms with van der Waals surface area (Å²) in [5.41, 5.74) is 1.41. The van der Waals surface area contributed by atoms with Crippen molar-refractivity contribution in [1.82, 2.24) is 15.5 Å². The second kappa shape index (κ2) is 10.1. The van der Waals surface area contributed by atoms with E-state index in [0.29, 0.717) is 0 Å². The van der Waals surface area contributed by atoms with Crippen LogP contribution < -0.4 is 15.4 Å². The Morgan fingerprint density at radius 3 is 2.68 bits per heavy atom. The first-order valence-corrected chi connectivity index (χ1v) is 10.3. The molecular formula is C21H33IN4O2. The number of likely N-dealkylation sites (tertiary alicyclic amines) is 1. The zero-order valence-corrected chi connectivity index (χ0v) is 19.1. The van der Waals surface area contributed by atoms with Gasteiger partial charge in [-0.1, -0.05) is 18.2 Å². The molecule has 28 heavy (non-hydrogen) atoms. The Bertz CT molecular complexity index is 658. The van der Waals surface area contributed by atoms with Gasteiger partial charge in [-0.25, -0.2) is 0 Å². The average Bonchev–Trinajstić information content (AvgIpc) is 3.27. The number of ether oxygens (including phenoxy) is 2. The van der Waals surface area contributed by atoms with Gasteiger partial charge >= 0.3 is 0 Å². The van der Waals surface area contributed by atoms with Crippen molar-refractivity contribution >= 4 is 29.9 Å². The molecule has 1 unspecified atom stereocenters. The summed E-state index contributed by atoms with van der Waals surface area (Å²) in [6.07, 6.45) is 5.76. The van der Waals surface area contributed by atoms with Crippen LogP contribution in [0.3, 0.4) is 0 Å². The molecule has 0 saturated carbocycles. The first kappa shape index (κ1) is 21.6. The topological polar surface area (TPSA) is 58.1 Å². The predicted octanol–water partition coefficient (Wildman–Crippen LogP) is 2.94. The van der Waals surface area contributed by atoms with Crippen molar-refractivity contribution in [3.8, 4) is 5.75 Å². The molecular weight excluding hydrogens is 467 g/mol. The van der Waals surface area contributed by atoms with E-state index < -0.39 is 0 Å². The molecule has 1 aromatic rings. The highest BCUT2D eigenvalue weighted by Gasteiger charge is 2.39. The van der Waals surface area contributed by atoms with Crippen molar-refractivity contribution in [3.63, 3.8) is 0 Å². The van der Waals surface area contributed by atoms with Crippen molar-refractivity contribution in [2.45, 2.75) is 43.7 Å². The van der Waals surface area contributed by atoms with Gasteiger partial charge in [0.15, 0.2) is 5.96 Å². The normalized spacial score (nSPS) is 24.6. The van der Waals surface area contributed by atoms with Crippen molar-refractivity contribution in [3.05, 3.63) is 29.8 Å². The van der Waals surface area contributed by atoms with E-state index in [1.165, 1.54) is 31.5 Å². The molecule has 0 spiro atoms. The zero-order valence-electron chi connectivity index (χ0n) is 16.8. The van der Waals surface area contributed by atoms with Crippen molar-refractivity contribution in [2.75, 3.05) is 46.5 Å². The van der Waals surface area contributed by atoms with Crippen molar-refractivity contribution in [1.29, 1.82) is 0 Å². The molecule has 0 radical (unpaired) electrons. The third kappa shape index (κ3) is 4.74. The Labute approximate surface area is 185 Å². The van der Waals surface area contributed by atoms with Gasteiger partial charge in [0.25, 0.3) is 0 Å². The van der Waals surface area contributed by atoms with Gasteiger partial charge in [-0.2, -0.15) is 0 Å². The number of nitrogens with one attached hydrogen (secondary N) is 2. The molecule has 2 N–H and O–H groups in total. The van der Waals surface area contributed by atoms with Crippen molar-refractivity contribution < 1.29 is 9.47 Å². The Kier molecular flexibility index (Phi) is 7.82. The number of fused-ring (bicyclic) bond motifs is 1. The third-order valence-electron chi connectivity index (χ3n) is 6.28. The zero-order chi connectivity index (χ0) is 18.5. The van der Waals surface area contributed by atoms with Crippen LogP contribution in [0.15, 0.2) is 29.3 Å². The van der Waals surface area contributed by atoms with Gasteiger partial charge in [0, 0.05) is 44.3 Å². The molecule has 2 saturated heterocycles. The number of hydrogen-bond acceptors (Lipinski definition) is 4. The SMILES string of the molecule is CN=C(NCC1(N2CCCC2)CCOCC1)NC1CCOc2ccccc21.I. The quantitative estimate of drug-likeness (QED) is 0.379. The van der Waals surface area contributed by atoms with Crippen LogP contribution >= 0.6 is 24.0 Å². The summed E-state index contributed by atoms with van der Waals surface area (Å²) in [5.74, 6) is 1.86. The molecule has 1 aromatic carbocycles. The molecule has 0 aliphatic carbocycles. The fourth-order valence-corrected chi connectivity index (χ4v) is 4.65. The molecule has 0 bridgehead atoms. The van der Waals surface area contributed by atoms with Crippen LogP contribution in [0.2, 0.25) is 0 Å². The minimum Gasteiger partial charge on any atom is -0.493 e. The fraction of sp³-hybridized carbons (Fsp3) is 0.667. The Morgan fingerprint density at radius 1 is 1.18 bits per heavy atom. The van der Waals surface area contributed by atoms with Crippen LogP contribution in [0.5, 0.6) is 5.75 Å². The summed E-state index contributed by atoms with van der Waals surface area (Å²) in [5, 5.41) is 7.25. The number of para-hydroxylation sites is 1. The molecule has 3 aliphatic heterocycles. The highest BCUT2D eigenvalue weighted by molar-refractivity contribution is 14.0. The van der Waals surface area contributed by atoms with E-state index in [0.717, 1.165) is 57.3 Å². The lowest BCUT2D eigenvalue weighted by atomic mass is 9.88. The summed E-state index contributed by atoms with van der Waals surface area (Å²) >= 11 is 0. The molecule has 1 atom stereocenters. The van der Waals surface area contributed by atoms with Crippen LogP contribution in [0.25, 0.3) is 0 Å². The molecule has 0 aromatic heterocycles. The van der Waals surface area contributed by atoms with Crippen LogP contribution in [-0.2, 0) is 4.74 Å². The number of halogens is 1. The lowest BCUT2D eigenvalue weighted by Crippen LogP contribution is -2.58. The fourth-order valence-electron chi connectivity index (χ4n) is 4.65. The monoisotopic (exact) mass is 500 g/mol. The molecule has 6 nitrogen and oxygen atoms in total. The van der Waals surface area contributed by atoms with Gasteiger partial charge in [-0.15, -0.1) is 24.0 Å². The lowest BCUT2D eigenvalue weighted by molar-refractivity contribution is -0.0164. The van der Waals surface area contributed by atoms with Crippen LogP contribution in [0.4, 0.5) is 0 Å². The van der Waals surface area contributed by atoms with E-state index in [1.54, 1.807) is 0 Å². The molecule has 3 heterocycles. The van der Waals surface area contributed by atoms with Crippen LogP contribution in [-0.4, -0.2) is 62.9 Å². The van der Waals surface area contributed by atoms with E-state index >= 15 is 0 Å². The second-order valence-electron chi connectivity index (χ2n) is 7.83. The number of aliphatic imine (C=N–C) groups is 1.